The number of nitrogens with one attached hydrogen (secondary N) is 2. The molecule has 1 atom stereocenters. The van der Waals surface area contributed by atoms with Gasteiger partial charge >= 0.3 is 0 Å². The molecule has 26 heavy (non-hydrogen) atoms. The number of benzene rings is 2. The number of nitrogens with zero attached hydrogens (tertiary/aromatic N) is 1. The maximum absolute atomic E-state index is 12.2. The van der Waals surface area contributed by atoms with Gasteiger partial charge in [0, 0.05) is 11.1 Å². The Morgan fingerprint density at radius 3 is 2.62 bits per heavy atom. The van der Waals surface area contributed by atoms with E-state index in [1.807, 2.05) is 0 Å². The smallest absolute Gasteiger partial charge is 0.292 e. The Labute approximate surface area is 164 Å². The minimum atomic E-state index is -0.917. The van der Waals surface area contributed by atoms with Gasteiger partial charge in [0.05, 0.1) is 9.95 Å². The molecule has 7 nitrogen and oxygen atoms in total. The second kappa shape index (κ2) is 8.79. The Hall–Kier alpha value is -2.42. The van der Waals surface area contributed by atoms with Crippen LogP contribution in [0.2, 0.25) is 10.0 Å². The van der Waals surface area contributed by atoms with E-state index in [2.05, 4.69) is 10.6 Å². The van der Waals surface area contributed by atoms with Gasteiger partial charge < -0.3 is 10.1 Å². The Kier molecular flexibility index (Phi) is 6.73. The number of anilines is 1. The molecule has 0 aliphatic rings. The number of hydrogen-bond donors (Lipinski definition) is 2. The normalized spacial score (nSPS) is 11.3. The Morgan fingerprint density at radius 2 is 1.96 bits per heavy atom. The van der Waals surface area contributed by atoms with Crippen molar-refractivity contribution in [1.82, 2.24) is 5.32 Å². The summed E-state index contributed by atoms with van der Waals surface area (Å²) in [7, 11) is 0. The largest absolute Gasteiger partial charge is 0.479 e. The first-order chi connectivity index (χ1) is 12.3. The lowest BCUT2D eigenvalue weighted by Crippen LogP contribution is -2.42. The molecule has 10 heteroatoms. The Balaban J connectivity index is 1.98. The summed E-state index contributed by atoms with van der Waals surface area (Å²) in [5.74, 6) is -0.261. The van der Waals surface area contributed by atoms with Crippen LogP contribution in [-0.2, 0) is 4.79 Å². The maximum atomic E-state index is 12.2. The summed E-state index contributed by atoms with van der Waals surface area (Å²) in [6, 6.07) is 10.5. The molecule has 0 saturated heterocycles. The van der Waals surface area contributed by atoms with Gasteiger partial charge in [0.2, 0.25) is 0 Å². The first kappa shape index (κ1) is 19.9. The van der Waals surface area contributed by atoms with Crippen LogP contribution in [-0.4, -0.2) is 22.0 Å². The molecule has 0 fully saturated rings. The van der Waals surface area contributed by atoms with Crippen molar-refractivity contribution in [2.24, 2.45) is 0 Å². The lowest BCUT2D eigenvalue weighted by atomic mass is 10.3. The molecule has 2 rings (SSSR count). The highest BCUT2D eigenvalue weighted by Gasteiger charge is 2.19. The average molecular weight is 414 g/mol. The van der Waals surface area contributed by atoms with Crippen molar-refractivity contribution in [2.75, 3.05) is 5.32 Å². The number of hydrogen-bond acceptors (Lipinski definition) is 5. The van der Waals surface area contributed by atoms with Crippen LogP contribution in [0.15, 0.2) is 42.5 Å². The minimum Gasteiger partial charge on any atom is -0.479 e. The summed E-state index contributed by atoms with van der Waals surface area (Å²) >= 11 is 16.8. The summed E-state index contributed by atoms with van der Waals surface area (Å²) in [6.45, 7) is 1.51. The lowest BCUT2D eigenvalue weighted by Gasteiger charge is -2.16. The summed E-state index contributed by atoms with van der Waals surface area (Å²) in [4.78, 5) is 22.6. The molecule has 0 saturated carbocycles. The maximum Gasteiger partial charge on any atom is 0.292 e. The molecule has 2 N–H and O–H groups in total. The van der Waals surface area contributed by atoms with E-state index in [0.29, 0.717) is 5.02 Å². The second-order valence-corrected chi connectivity index (χ2v) is 6.30. The standard InChI is InChI=1S/C16H13Cl2N3O4S/c1-9(25-14-7-6-10(17)8-11(14)18)15(22)20-16(26)19-12-4-2-3-5-13(12)21(23)24/h2-9H,1H3,(H2,19,20,22,26). The minimum absolute atomic E-state index is 0.0954. The molecule has 136 valence electrons. The monoisotopic (exact) mass is 413 g/mol. The van der Waals surface area contributed by atoms with Gasteiger partial charge in [0.1, 0.15) is 11.4 Å². The summed E-state index contributed by atoms with van der Waals surface area (Å²) in [6.07, 6.45) is -0.917. The van der Waals surface area contributed by atoms with Crippen LogP contribution < -0.4 is 15.4 Å². The third kappa shape index (κ3) is 5.29. The second-order valence-electron chi connectivity index (χ2n) is 5.05. The molecule has 0 heterocycles. The van der Waals surface area contributed by atoms with Gasteiger partial charge in [-0.3, -0.25) is 20.2 Å². The van der Waals surface area contributed by atoms with E-state index in [1.54, 1.807) is 18.2 Å². The molecule has 0 radical (unpaired) electrons. The van der Waals surface area contributed by atoms with Crippen LogP contribution in [0, 0.1) is 10.1 Å². The number of carbonyl (C=O) groups excluding carboxylic acids is 1. The molecular weight excluding hydrogens is 401 g/mol. The number of para-hydroxylation sites is 2. The van der Waals surface area contributed by atoms with Crippen LogP contribution in [0.25, 0.3) is 0 Å². The van der Waals surface area contributed by atoms with E-state index in [0.717, 1.165) is 0 Å². The van der Waals surface area contributed by atoms with Crippen molar-refractivity contribution in [2.45, 2.75) is 13.0 Å². The fourth-order valence-electron chi connectivity index (χ4n) is 1.92. The van der Waals surface area contributed by atoms with Gasteiger partial charge in [-0.2, -0.15) is 0 Å². The third-order valence-electron chi connectivity index (χ3n) is 3.15. The molecule has 0 aromatic heterocycles. The SMILES string of the molecule is CC(Oc1ccc(Cl)cc1Cl)C(=O)NC(=S)Nc1ccccc1[N+](=O)[O-]. The van der Waals surface area contributed by atoms with Crippen molar-refractivity contribution in [3.05, 3.63) is 62.6 Å². The fourth-order valence-corrected chi connectivity index (χ4v) is 2.58. The van der Waals surface area contributed by atoms with E-state index in [9.17, 15) is 14.9 Å². The number of carbonyl (C=O) groups is 1. The van der Waals surface area contributed by atoms with E-state index in [-0.39, 0.29) is 27.3 Å². The zero-order chi connectivity index (χ0) is 19.3. The van der Waals surface area contributed by atoms with Crippen LogP contribution in [0.4, 0.5) is 11.4 Å². The molecule has 0 aliphatic carbocycles. The summed E-state index contributed by atoms with van der Waals surface area (Å²) in [5, 5.41) is 16.6. The highest BCUT2D eigenvalue weighted by molar-refractivity contribution is 7.80. The van der Waals surface area contributed by atoms with Crippen molar-refractivity contribution >= 4 is 57.8 Å². The Morgan fingerprint density at radius 1 is 1.27 bits per heavy atom. The number of thiocarbonyl (C=S) groups is 1. The predicted molar refractivity (Wildman–Crippen MR) is 104 cm³/mol. The van der Waals surface area contributed by atoms with Gasteiger partial charge in [-0.05, 0) is 43.4 Å². The Bertz CT molecular complexity index is 863. The van der Waals surface area contributed by atoms with Crippen LogP contribution in [0.5, 0.6) is 5.75 Å². The lowest BCUT2D eigenvalue weighted by molar-refractivity contribution is -0.383. The van der Waals surface area contributed by atoms with Gasteiger partial charge in [0.15, 0.2) is 11.2 Å². The highest BCUT2D eigenvalue weighted by Crippen LogP contribution is 2.28. The van der Waals surface area contributed by atoms with Gasteiger partial charge in [-0.25, -0.2) is 0 Å². The van der Waals surface area contributed by atoms with Crippen LogP contribution in [0.3, 0.4) is 0 Å². The molecule has 1 amide bonds. The number of ether oxygens (including phenoxy) is 1. The molecule has 1 unspecified atom stereocenters. The highest BCUT2D eigenvalue weighted by atomic mass is 35.5. The van der Waals surface area contributed by atoms with Crippen molar-refractivity contribution in [3.8, 4) is 5.75 Å². The van der Waals surface area contributed by atoms with Crippen LogP contribution in [0.1, 0.15) is 6.92 Å². The fraction of sp³-hybridized carbons (Fsp3) is 0.125. The molecule has 0 spiro atoms. The van der Waals surface area contributed by atoms with E-state index >= 15 is 0 Å². The zero-order valence-corrected chi connectivity index (χ0v) is 15.7. The van der Waals surface area contributed by atoms with Crippen LogP contribution >= 0.6 is 35.4 Å². The van der Waals surface area contributed by atoms with E-state index < -0.39 is 16.9 Å². The number of rotatable bonds is 5. The first-order valence-electron chi connectivity index (χ1n) is 7.25. The number of nitro benzene ring substituents is 1. The van der Waals surface area contributed by atoms with E-state index in [1.165, 1.54) is 31.2 Å². The first-order valence-corrected chi connectivity index (χ1v) is 8.41. The number of halogens is 2. The molecule has 0 aliphatic heterocycles. The van der Waals surface area contributed by atoms with Gasteiger partial charge in [0.25, 0.3) is 11.6 Å². The topological polar surface area (TPSA) is 93.5 Å². The summed E-state index contributed by atoms with van der Waals surface area (Å²) in [5.41, 5.74) is -0.00143. The summed E-state index contributed by atoms with van der Waals surface area (Å²) < 4.78 is 5.48. The number of nitro groups is 1. The van der Waals surface area contributed by atoms with E-state index in [4.69, 9.17) is 40.2 Å². The predicted octanol–water partition coefficient (Wildman–Crippen LogP) is 4.18. The molecule has 0 bridgehead atoms. The van der Waals surface area contributed by atoms with Crippen molar-refractivity contribution < 1.29 is 14.5 Å². The quantitative estimate of drug-likeness (QED) is 0.433. The van der Waals surface area contributed by atoms with Crippen molar-refractivity contribution in [3.63, 3.8) is 0 Å². The zero-order valence-electron chi connectivity index (χ0n) is 13.4. The molecule has 2 aromatic carbocycles. The van der Waals surface area contributed by atoms with Gasteiger partial charge in [-0.1, -0.05) is 35.3 Å². The van der Waals surface area contributed by atoms with Crippen molar-refractivity contribution in [1.29, 1.82) is 0 Å². The molecular formula is C16H13Cl2N3O4S. The third-order valence-corrected chi connectivity index (χ3v) is 3.89. The van der Waals surface area contributed by atoms with Gasteiger partial charge in [-0.15, -0.1) is 0 Å². The molecule has 2 aromatic rings. The average Bonchev–Trinajstić information content (AvgIpc) is 2.57. The number of amides is 1.